The first-order chi connectivity index (χ1) is 19.8. The monoisotopic (exact) mass is 555 g/mol. The lowest BCUT2D eigenvalue weighted by atomic mass is 9.69. The van der Waals surface area contributed by atoms with Crippen LogP contribution in [0.25, 0.3) is 0 Å². The smallest absolute Gasteiger partial charge is 0.248 e. The maximum Gasteiger partial charge on any atom is 0.248 e. The summed E-state index contributed by atoms with van der Waals surface area (Å²) in [5, 5.41) is 21.4. The molecule has 212 valence electrons. The number of benzene rings is 2. The van der Waals surface area contributed by atoms with Gasteiger partial charge >= 0.3 is 0 Å². The third-order valence-electron chi connectivity index (χ3n) is 8.17. The molecule has 0 spiro atoms. The van der Waals surface area contributed by atoms with E-state index >= 15 is 0 Å². The fraction of sp³-hybridized carbons (Fsp3) is 0.400. The van der Waals surface area contributed by atoms with Crippen LogP contribution in [-0.2, 0) is 29.5 Å². The molecule has 1 aromatic heterocycles. The summed E-state index contributed by atoms with van der Waals surface area (Å²) in [6.07, 6.45) is 3.65. The Hall–Kier alpha value is -4.56. The van der Waals surface area contributed by atoms with E-state index in [1.165, 1.54) is 0 Å². The third kappa shape index (κ3) is 5.18. The number of rotatable bonds is 9. The lowest BCUT2D eigenvalue weighted by Crippen LogP contribution is -2.42. The number of likely N-dealkylation sites (tertiary alicyclic amines) is 1. The zero-order valence-electron chi connectivity index (χ0n) is 23.0. The summed E-state index contributed by atoms with van der Waals surface area (Å²) in [4.78, 5) is 38.7. The van der Waals surface area contributed by atoms with Gasteiger partial charge in [-0.05, 0) is 85.2 Å². The van der Waals surface area contributed by atoms with Crippen LogP contribution < -0.4 is 16.8 Å². The average Bonchev–Trinajstić information content (AvgIpc) is 3.64. The van der Waals surface area contributed by atoms with Crippen molar-refractivity contribution in [2.75, 3.05) is 19.6 Å². The third-order valence-corrected chi connectivity index (χ3v) is 8.17. The first-order valence-electron chi connectivity index (χ1n) is 13.9. The number of carbonyl (C=O) groups excluding carboxylic acids is 3. The Morgan fingerprint density at radius 2 is 1.71 bits per heavy atom. The van der Waals surface area contributed by atoms with Crippen LogP contribution in [0, 0.1) is 11.3 Å². The molecule has 2 aliphatic rings. The van der Waals surface area contributed by atoms with E-state index in [-0.39, 0.29) is 18.5 Å². The fourth-order valence-corrected chi connectivity index (χ4v) is 6.10. The van der Waals surface area contributed by atoms with Gasteiger partial charge in [0.25, 0.3) is 0 Å². The normalized spacial score (nSPS) is 17.3. The van der Waals surface area contributed by atoms with Gasteiger partial charge in [-0.25, -0.2) is 0 Å². The minimum atomic E-state index is -0.952. The zero-order chi connectivity index (χ0) is 29.1. The van der Waals surface area contributed by atoms with E-state index in [0.29, 0.717) is 68.1 Å². The molecule has 5 rings (SSSR count). The molecule has 3 aromatic rings. The van der Waals surface area contributed by atoms with Crippen LogP contribution in [0.5, 0.6) is 0 Å². The highest BCUT2D eigenvalue weighted by Crippen LogP contribution is 2.47. The van der Waals surface area contributed by atoms with E-state index in [4.69, 9.17) is 15.9 Å². The molecule has 1 aliphatic heterocycles. The number of nitriles is 1. The van der Waals surface area contributed by atoms with Crippen LogP contribution in [-0.4, -0.2) is 58.5 Å². The van der Waals surface area contributed by atoms with Crippen molar-refractivity contribution >= 4 is 17.7 Å². The van der Waals surface area contributed by atoms with Crippen LogP contribution in [0.15, 0.2) is 40.8 Å². The number of primary amides is 2. The van der Waals surface area contributed by atoms with Crippen LogP contribution >= 0.6 is 0 Å². The van der Waals surface area contributed by atoms with E-state index < -0.39 is 17.2 Å². The Kier molecular flexibility index (Phi) is 7.85. The van der Waals surface area contributed by atoms with E-state index in [2.05, 4.69) is 21.6 Å². The Morgan fingerprint density at radius 3 is 2.24 bits per heavy atom. The molecule has 2 aromatic carbocycles. The summed E-state index contributed by atoms with van der Waals surface area (Å²) in [6.45, 7) is 2.99. The predicted octanol–water partition coefficient (Wildman–Crippen LogP) is 1.76. The SMILES string of the molecule is CCc1nnc(C2(CCNCC(=O)N3CCCC3C#N)c3ccc(C(N)=O)cc3CCc3cc(C(N)=O)ccc32)o1. The standard InChI is InChI=1S/C30H33N7O4/c1-2-25-35-36-29(41-25)30(11-12-34-17-26(38)37-13-3-4-22(37)16-31)23-9-7-20(27(32)39)14-18(23)5-6-19-15-21(28(33)40)8-10-24(19)30/h7-10,14-15,22,34H,2-6,11-13,17H2,1H3,(H2,32,39)(H2,33,40). The van der Waals surface area contributed by atoms with Crippen molar-refractivity contribution < 1.29 is 18.8 Å². The molecular weight excluding hydrogens is 522 g/mol. The lowest BCUT2D eigenvalue weighted by molar-refractivity contribution is -0.130. The quantitative estimate of drug-likeness (QED) is 0.334. The number of hydrogen-bond acceptors (Lipinski definition) is 8. The van der Waals surface area contributed by atoms with Gasteiger partial charge in [-0.3, -0.25) is 14.4 Å². The Morgan fingerprint density at radius 1 is 1.07 bits per heavy atom. The number of hydrogen-bond donors (Lipinski definition) is 3. The molecule has 0 radical (unpaired) electrons. The number of nitrogens with two attached hydrogens (primary N) is 2. The summed E-state index contributed by atoms with van der Waals surface area (Å²) in [6, 6.07) is 12.6. The molecule has 11 nitrogen and oxygen atoms in total. The van der Waals surface area contributed by atoms with Gasteiger partial charge in [0.2, 0.25) is 29.5 Å². The number of amides is 3. The molecule has 11 heteroatoms. The van der Waals surface area contributed by atoms with Gasteiger partial charge in [0.1, 0.15) is 11.5 Å². The van der Waals surface area contributed by atoms with Crippen molar-refractivity contribution in [2.45, 2.75) is 56.9 Å². The van der Waals surface area contributed by atoms with Gasteiger partial charge in [-0.1, -0.05) is 19.1 Å². The lowest BCUT2D eigenvalue weighted by Gasteiger charge is -2.34. The largest absolute Gasteiger partial charge is 0.424 e. The molecule has 1 aliphatic carbocycles. The highest BCUT2D eigenvalue weighted by molar-refractivity contribution is 5.94. The minimum Gasteiger partial charge on any atom is -0.424 e. The first kappa shape index (κ1) is 28.0. The Balaban J connectivity index is 1.58. The average molecular weight is 556 g/mol. The number of nitrogens with zero attached hydrogens (tertiary/aromatic N) is 4. The van der Waals surface area contributed by atoms with Crippen molar-refractivity contribution in [1.29, 1.82) is 5.26 Å². The van der Waals surface area contributed by atoms with Crippen LogP contribution in [0.3, 0.4) is 0 Å². The van der Waals surface area contributed by atoms with Crippen molar-refractivity contribution in [3.63, 3.8) is 0 Å². The van der Waals surface area contributed by atoms with Crippen LogP contribution in [0.1, 0.15) is 80.9 Å². The summed E-state index contributed by atoms with van der Waals surface area (Å²) in [5.41, 5.74) is 14.7. The van der Waals surface area contributed by atoms with Gasteiger partial charge in [-0.15, -0.1) is 10.2 Å². The zero-order valence-corrected chi connectivity index (χ0v) is 23.0. The van der Waals surface area contributed by atoms with Crippen LogP contribution in [0.2, 0.25) is 0 Å². The molecule has 1 saturated heterocycles. The topological polar surface area (TPSA) is 181 Å². The predicted molar refractivity (Wildman–Crippen MR) is 149 cm³/mol. The molecule has 1 unspecified atom stereocenters. The highest BCUT2D eigenvalue weighted by atomic mass is 16.4. The second-order valence-corrected chi connectivity index (χ2v) is 10.5. The number of aromatic nitrogens is 2. The van der Waals surface area contributed by atoms with Gasteiger partial charge < -0.3 is 26.1 Å². The summed E-state index contributed by atoms with van der Waals surface area (Å²) in [5.74, 6) is -0.309. The number of nitrogens with one attached hydrogen (secondary N) is 1. The maximum atomic E-state index is 12.9. The minimum absolute atomic E-state index is 0.0826. The first-order valence-corrected chi connectivity index (χ1v) is 13.9. The summed E-state index contributed by atoms with van der Waals surface area (Å²) >= 11 is 0. The molecular formula is C30H33N7O4. The Labute approximate surface area is 237 Å². The molecule has 1 atom stereocenters. The molecule has 5 N–H and O–H groups in total. The summed E-state index contributed by atoms with van der Waals surface area (Å²) < 4.78 is 6.24. The molecule has 1 fully saturated rings. The number of aryl methyl sites for hydroxylation is 3. The van der Waals surface area contributed by atoms with Gasteiger partial charge in [0, 0.05) is 24.1 Å². The van der Waals surface area contributed by atoms with Crippen molar-refractivity contribution in [2.24, 2.45) is 11.5 Å². The van der Waals surface area contributed by atoms with E-state index in [1.807, 2.05) is 19.1 Å². The van der Waals surface area contributed by atoms with Gasteiger partial charge in [0.15, 0.2) is 0 Å². The van der Waals surface area contributed by atoms with E-state index in [0.717, 1.165) is 28.7 Å². The van der Waals surface area contributed by atoms with Crippen molar-refractivity contribution in [3.8, 4) is 6.07 Å². The molecule has 0 bridgehead atoms. The Bertz CT molecular complexity index is 1470. The molecule has 0 saturated carbocycles. The van der Waals surface area contributed by atoms with Gasteiger partial charge in [0.05, 0.1) is 12.6 Å². The van der Waals surface area contributed by atoms with Gasteiger partial charge in [-0.2, -0.15) is 5.26 Å². The molecule has 3 amide bonds. The van der Waals surface area contributed by atoms with Crippen molar-refractivity contribution in [3.05, 3.63) is 81.6 Å². The van der Waals surface area contributed by atoms with Crippen LogP contribution in [0.4, 0.5) is 0 Å². The van der Waals surface area contributed by atoms with E-state index in [1.54, 1.807) is 29.2 Å². The summed E-state index contributed by atoms with van der Waals surface area (Å²) in [7, 11) is 0. The molecule has 2 heterocycles. The second-order valence-electron chi connectivity index (χ2n) is 10.5. The fourth-order valence-electron chi connectivity index (χ4n) is 6.10. The molecule has 41 heavy (non-hydrogen) atoms. The highest BCUT2D eigenvalue weighted by Gasteiger charge is 2.45. The number of fused-ring (bicyclic) bond motifs is 2. The maximum absolute atomic E-state index is 12.9. The van der Waals surface area contributed by atoms with Crippen molar-refractivity contribution in [1.82, 2.24) is 20.4 Å². The number of carbonyl (C=O) groups is 3. The van der Waals surface area contributed by atoms with E-state index in [9.17, 15) is 19.6 Å². The second kappa shape index (κ2) is 11.5.